The fourth-order valence-electron chi connectivity index (χ4n) is 1.17. The van der Waals surface area contributed by atoms with Crippen LogP contribution in [-0.2, 0) is 12.1 Å². The second kappa shape index (κ2) is 3.85. The van der Waals surface area contributed by atoms with Crippen LogP contribution in [0, 0.1) is 17.5 Å². The molecule has 96 valence electrons. The van der Waals surface area contributed by atoms with Gasteiger partial charge >= 0.3 is 6.18 Å². The summed E-state index contributed by atoms with van der Waals surface area (Å²) in [5, 5.41) is 0. The van der Waals surface area contributed by atoms with Gasteiger partial charge in [0.2, 0.25) is 0 Å². The van der Waals surface area contributed by atoms with Crippen LogP contribution in [-0.4, -0.2) is 0 Å². The molecule has 0 radical (unpaired) electrons. The van der Waals surface area contributed by atoms with E-state index in [9.17, 15) is 35.1 Å². The Hall–Kier alpha value is -1.34. The smallest absolute Gasteiger partial charge is 0.206 e. The molecule has 0 aliphatic carbocycles. The highest BCUT2D eigenvalue weighted by Gasteiger charge is 2.43. The summed E-state index contributed by atoms with van der Waals surface area (Å²) < 4.78 is 100. The number of alkyl halides is 5. The van der Waals surface area contributed by atoms with Gasteiger partial charge in [-0.25, -0.2) is 22.0 Å². The van der Waals surface area contributed by atoms with Gasteiger partial charge in [-0.2, -0.15) is 13.2 Å². The van der Waals surface area contributed by atoms with E-state index in [1.165, 1.54) is 0 Å². The van der Waals surface area contributed by atoms with Crippen molar-refractivity contribution in [3.63, 3.8) is 0 Å². The zero-order valence-corrected chi connectivity index (χ0v) is 8.10. The van der Waals surface area contributed by atoms with Gasteiger partial charge in [-0.1, -0.05) is 0 Å². The molecule has 0 fully saturated rings. The van der Waals surface area contributed by atoms with Crippen LogP contribution >= 0.6 is 0 Å². The van der Waals surface area contributed by atoms with Crippen molar-refractivity contribution >= 4 is 0 Å². The molecule has 0 atom stereocenters. The van der Waals surface area contributed by atoms with Gasteiger partial charge in [-0.15, -0.1) is 0 Å². The molecule has 0 nitrogen and oxygen atoms in total. The molecule has 0 saturated heterocycles. The van der Waals surface area contributed by atoms with Crippen LogP contribution in [0.1, 0.15) is 18.1 Å². The Morgan fingerprint density at radius 1 is 0.882 bits per heavy atom. The SMILES string of the molecule is CC(F)(F)c1cc(F)c(F)c(C(F)(F)F)c1F. The zero-order chi connectivity index (χ0) is 13.6. The molecule has 0 bridgehead atoms. The molecule has 1 aromatic carbocycles. The van der Waals surface area contributed by atoms with Gasteiger partial charge in [0.05, 0.1) is 5.56 Å². The van der Waals surface area contributed by atoms with E-state index in [2.05, 4.69) is 0 Å². The van der Waals surface area contributed by atoms with E-state index < -0.39 is 40.7 Å². The number of hydrogen-bond donors (Lipinski definition) is 0. The maximum absolute atomic E-state index is 13.1. The first kappa shape index (κ1) is 13.7. The van der Waals surface area contributed by atoms with Crippen LogP contribution in [0.25, 0.3) is 0 Å². The summed E-state index contributed by atoms with van der Waals surface area (Å²) in [7, 11) is 0. The molecule has 1 aromatic rings. The predicted octanol–water partition coefficient (Wildman–Crippen LogP) is 4.23. The van der Waals surface area contributed by atoms with Crippen molar-refractivity contribution in [2.24, 2.45) is 0 Å². The monoisotopic (exact) mass is 264 g/mol. The third-order valence-corrected chi connectivity index (χ3v) is 1.91. The minimum absolute atomic E-state index is 0.0723. The molecule has 8 heteroatoms. The molecule has 0 spiro atoms. The summed E-state index contributed by atoms with van der Waals surface area (Å²) in [4.78, 5) is 0. The van der Waals surface area contributed by atoms with E-state index in [0.29, 0.717) is 0 Å². The molecule has 0 unspecified atom stereocenters. The minimum atomic E-state index is -5.60. The summed E-state index contributed by atoms with van der Waals surface area (Å²) in [6.07, 6.45) is -5.60. The first-order valence-electron chi connectivity index (χ1n) is 4.09. The molecule has 1 rings (SSSR count). The van der Waals surface area contributed by atoms with Crippen LogP contribution in [0.15, 0.2) is 6.07 Å². The first-order valence-corrected chi connectivity index (χ1v) is 4.09. The molecule has 17 heavy (non-hydrogen) atoms. The van der Waals surface area contributed by atoms with Gasteiger partial charge in [0.25, 0.3) is 5.92 Å². The topological polar surface area (TPSA) is 0 Å². The lowest BCUT2D eigenvalue weighted by atomic mass is 10.0. The largest absolute Gasteiger partial charge is 0.422 e. The summed E-state index contributed by atoms with van der Waals surface area (Å²) in [6.45, 7) is 0.0723. The van der Waals surface area contributed by atoms with Gasteiger partial charge in [0.15, 0.2) is 11.6 Å². The highest BCUT2D eigenvalue weighted by atomic mass is 19.4. The fraction of sp³-hybridized carbons (Fsp3) is 0.333. The van der Waals surface area contributed by atoms with Crippen LogP contribution in [0.5, 0.6) is 0 Å². The molecule has 0 heterocycles. The lowest BCUT2D eigenvalue weighted by molar-refractivity contribution is -0.143. The first-order chi connectivity index (χ1) is 7.46. The fourth-order valence-corrected chi connectivity index (χ4v) is 1.17. The average molecular weight is 264 g/mol. The van der Waals surface area contributed by atoms with Gasteiger partial charge in [0.1, 0.15) is 11.4 Å². The molecular weight excluding hydrogens is 260 g/mol. The molecular formula is C9H4F8. The lowest BCUT2D eigenvalue weighted by Gasteiger charge is -2.16. The number of hydrogen-bond acceptors (Lipinski definition) is 0. The van der Waals surface area contributed by atoms with Crippen molar-refractivity contribution in [3.05, 3.63) is 34.6 Å². The standard InChI is InChI=1S/C9H4F8/c1-8(13,14)3-2-4(10)7(12)5(6(3)11)9(15,16)17/h2H,1H3. The second-order valence-electron chi connectivity index (χ2n) is 3.30. The Labute approximate surface area is 89.9 Å². The summed E-state index contributed by atoms with van der Waals surface area (Å²) in [6, 6.07) is -0.292. The predicted molar refractivity (Wildman–Crippen MR) is 40.9 cm³/mol. The van der Waals surface area contributed by atoms with Crippen molar-refractivity contribution < 1.29 is 35.1 Å². The minimum Gasteiger partial charge on any atom is -0.206 e. The van der Waals surface area contributed by atoms with Crippen molar-refractivity contribution in [3.8, 4) is 0 Å². The van der Waals surface area contributed by atoms with E-state index in [-0.39, 0.29) is 13.0 Å². The molecule has 0 N–H and O–H groups in total. The highest BCUT2D eigenvalue weighted by Crippen LogP contribution is 2.39. The number of halogens is 8. The van der Waals surface area contributed by atoms with Crippen molar-refractivity contribution in [1.82, 2.24) is 0 Å². The highest BCUT2D eigenvalue weighted by molar-refractivity contribution is 5.33. The van der Waals surface area contributed by atoms with Gasteiger partial charge in [-0.05, 0) is 6.07 Å². The second-order valence-corrected chi connectivity index (χ2v) is 3.30. The van der Waals surface area contributed by atoms with E-state index in [0.717, 1.165) is 0 Å². The Morgan fingerprint density at radius 3 is 1.71 bits per heavy atom. The summed E-state index contributed by atoms with van der Waals surface area (Å²) >= 11 is 0. The van der Waals surface area contributed by atoms with E-state index in [4.69, 9.17) is 0 Å². The third kappa shape index (κ3) is 2.50. The van der Waals surface area contributed by atoms with Gasteiger partial charge in [-0.3, -0.25) is 0 Å². The summed E-state index contributed by atoms with van der Waals surface area (Å²) in [5.74, 6) is -11.3. The lowest BCUT2D eigenvalue weighted by Crippen LogP contribution is -2.19. The zero-order valence-electron chi connectivity index (χ0n) is 8.10. The van der Waals surface area contributed by atoms with Crippen LogP contribution in [0.2, 0.25) is 0 Å². The van der Waals surface area contributed by atoms with E-state index >= 15 is 0 Å². The van der Waals surface area contributed by atoms with Gasteiger partial charge < -0.3 is 0 Å². The van der Waals surface area contributed by atoms with Gasteiger partial charge in [0, 0.05) is 6.92 Å². The summed E-state index contributed by atoms with van der Waals surface area (Å²) in [5.41, 5.74) is -4.50. The van der Waals surface area contributed by atoms with Crippen molar-refractivity contribution in [2.45, 2.75) is 19.0 Å². The van der Waals surface area contributed by atoms with E-state index in [1.807, 2.05) is 0 Å². The maximum Gasteiger partial charge on any atom is 0.422 e. The molecule has 0 saturated carbocycles. The van der Waals surface area contributed by atoms with Crippen LogP contribution in [0.3, 0.4) is 0 Å². The van der Waals surface area contributed by atoms with Crippen molar-refractivity contribution in [1.29, 1.82) is 0 Å². The Balaban J connectivity index is 3.67. The van der Waals surface area contributed by atoms with Crippen molar-refractivity contribution in [2.75, 3.05) is 0 Å². The molecule has 0 aliphatic rings. The normalized spacial score (nSPS) is 13.0. The quantitative estimate of drug-likeness (QED) is 0.526. The van der Waals surface area contributed by atoms with Crippen LogP contribution < -0.4 is 0 Å². The third-order valence-electron chi connectivity index (χ3n) is 1.91. The number of rotatable bonds is 1. The Bertz CT molecular complexity index is 440. The Kier molecular flexibility index (Phi) is 3.11. The number of benzene rings is 1. The van der Waals surface area contributed by atoms with Crippen LogP contribution in [0.4, 0.5) is 35.1 Å². The molecule has 0 aliphatic heterocycles. The molecule has 0 aromatic heterocycles. The maximum atomic E-state index is 13.1. The van der Waals surface area contributed by atoms with E-state index in [1.54, 1.807) is 0 Å². The molecule has 0 amide bonds. The Morgan fingerprint density at radius 2 is 1.35 bits per heavy atom. The average Bonchev–Trinajstić information content (AvgIpc) is 2.07.